The molecule has 5 atom stereocenters. The number of aliphatic hydroxyl groups is 1. The second-order valence-corrected chi connectivity index (χ2v) is 9.78. The number of rotatable bonds is 18. The molecular formula is C26H43N9O7. The van der Waals surface area contributed by atoms with Gasteiger partial charge in [-0.3, -0.25) is 29.0 Å². The van der Waals surface area contributed by atoms with Gasteiger partial charge in [-0.15, -0.1) is 0 Å². The molecule has 5 amide bonds. The van der Waals surface area contributed by atoms with Gasteiger partial charge in [0, 0.05) is 13.0 Å². The van der Waals surface area contributed by atoms with Crippen molar-refractivity contribution in [3.8, 4) is 5.75 Å². The zero-order valence-electron chi connectivity index (χ0n) is 23.8. The first kappa shape index (κ1) is 35.6. The van der Waals surface area contributed by atoms with Crippen LogP contribution in [0.15, 0.2) is 29.3 Å². The van der Waals surface area contributed by atoms with Gasteiger partial charge in [-0.05, 0) is 36.5 Å². The number of hydrogen-bond acceptors (Lipinski definition) is 9. The number of nitrogens with one attached hydrogen (secondary N) is 4. The molecule has 16 nitrogen and oxygen atoms in total. The van der Waals surface area contributed by atoms with Crippen LogP contribution in [0.1, 0.15) is 38.7 Å². The third kappa shape index (κ3) is 12.8. The van der Waals surface area contributed by atoms with Gasteiger partial charge in [-0.25, -0.2) is 0 Å². The lowest BCUT2D eigenvalue weighted by molar-refractivity contribution is -0.133. The van der Waals surface area contributed by atoms with E-state index in [4.69, 9.17) is 22.9 Å². The second kappa shape index (κ2) is 18.1. The fraction of sp³-hybridized carbons (Fsp3) is 0.538. The summed E-state index contributed by atoms with van der Waals surface area (Å²) in [6, 6.07) is 1.52. The number of primary amides is 1. The fourth-order valence-electron chi connectivity index (χ4n) is 3.69. The van der Waals surface area contributed by atoms with E-state index in [2.05, 4.69) is 26.3 Å². The van der Waals surface area contributed by atoms with Crippen LogP contribution in [0.5, 0.6) is 5.75 Å². The Kier molecular flexibility index (Phi) is 15.3. The van der Waals surface area contributed by atoms with Crippen LogP contribution >= 0.6 is 0 Å². The summed E-state index contributed by atoms with van der Waals surface area (Å²) in [7, 11) is 0. The van der Waals surface area contributed by atoms with Crippen molar-refractivity contribution >= 4 is 35.5 Å². The summed E-state index contributed by atoms with van der Waals surface area (Å²) in [6.45, 7) is 2.47. The van der Waals surface area contributed by atoms with Gasteiger partial charge in [-0.2, -0.15) is 0 Å². The van der Waals surface area contributed by atoms with Gasteiger partial charge < -0.3 is 54.4 Å². The molecule has 0 aliphatic rings. The Bertz CT molecular complexity index is 1090. The maximum Gasteiger partial charge on any atom is 0.245 e. The van der Waals surface area contributed by atoms with Crippen LogP contribution in [-0.2, 0) is 30.4 Å². The van der Waals surface area contributed by atoms with Crippen LogP contribution in [-0.4, -0.2) is 89.6 Å². The Labute approximate surface area is 244 Å². The zero-order valence-corrected chi connectivity index (χ0v) is 23.8. The number of carbonyl (C=O) groups is 5. The van der Waals surface area contributed by atoms with Gasteiger partial charge in [0.15, 0.2) is 5.96 Å². The van der Waals surface area contributed by atoms with Gasteiger partial charge in [0.2, 0.25) is 29.5 Å². The van der Waals surface area contributed by atoms with Crippen LogP contribution in [0.4, 0.5) is 0 Å². The summed E-state index contributed by atoms with van der Waals surface area (Å²) in [4.78, 5) is 66.3. The highest BCUT2D eigenvalue weighted by atomic mass is 16.3. The van der Waals surface area contributed by atoms with E-state index in [-0.39, 0.29) is 37.0 Å². The maximum absolute atomic E-state index is 13.1. The number of hydrogen-bond donors (Lipinski definition) is 10. The Morgan fingerprint density at radius 2 is 1.55 bits per heavy atom. The average Bonchev–Trinajstić information content (AvgIpc) is 2.95. The van der Waals surface area contributed by atoms with Crippen LogP contribution < -0.4 is 44.2 Å². The Hall–Kier alpha value is -4.44. The molecule has 0 radical (unpaired) electrons. The summed E-state index contributed by atoms with van der Waals surface area (Å²) in [6.07, 6.45) is 1.18. The number of benzene rings is 1. The van der Waals surface area contributed by atoms with Gasteiger partial charge in [0.1, 0.15) is 23.9 Å². The third-order valence-electron chi connectivity index (χ3n) is 6.39. The summed E-state index contributed by atoms with van der Waals surface area (Å²) in [5, 5.41) is 28.7. The van der Waals surface area contributed by atoms with E-state index in [1.807, 2.05) is 0 Å². The number of aliphatic hydroxyl groups excluding tert-OH is 1. The summed E-state index contributed by atoms with van der Waals surface area (Å²) >= 11 is 0. The lowest BCUT2D eigenvalue weighted by atomic mass is 9.97. The third-order valence-corrected chi connectivity index (χ3v) is 6.39. The molecule has 0 saturated heterocycles. The number of nitrogens with two attached hydrogens (primary N) is 4. The van der Waals surface area contributed by atoms with E-state index >= 15 is 0 Å². The molecule has 0 heterocycles. The SMILES string of the molecule is CCC(C)C(NC(=O)CNC(=O)C(CO)NC(=O)C(N)CCCN=C(N)N)C(=O)NC(Cc1ccc(O)cc1)C(N)=O. The first-order chi connectivity index (χ1) is 19.8. The van der Waals surface area contributed by atoms with Crippen LogP contribution in [0.2, 0.25) is 0 Å². The van der Waals surface area contributed by atoms with Crippen molar-refractivity contribution < 1.29 is 34.2 Å². The minimum atomic E-state index is -1.38. The van der Waals surface area contributed by atoms with Crippen LogP contribution in [0.25, 0.3) is 0 Å². The molecule has 0 bridgehead atoms. The fourth-order valence-corrected chi connectivity index (χ4v) is 3.69. The lowest BCUT2D eigenvalue weighted by Crippen LogP contribution is -2.57. The van der Waals surface area contributed by atoms with E-state index in [9.17, 15) is 34.2 Å². The number of nitrogens with zero attached hydrogens (tertiary/aromatic N) is 1. The van der Waals surface area contributed by atoms with E-state index in [0.29, 0.717) is 18.4 Å². The summed E-state index contributed by atoms with van der Waals surface area (Å²) in [5.74, 6) is -4.11. The molecule has 14 N–H and O–H groups in total. The van der Waals surface area contributed by atoms with Crippen molar-refractivity contribution in [2.45, 2.75) is 63.7 Å². The minimum absolute atomic E-state index is 0.0392. The van der Waals surface area contributed by atoms with Crippen molar-refractivity contribution in [2.75, 3.05) is 19.7 Å². The molecule has 1 rings (SSSR count). The molecular weight excluding hydrogens is 550 g/mol. The largest absolute Gasteiger partial charge is 0.508 e. The van der Waals surface area contributed by atoms with Crippen LogP contribution in [0, 0.1) is 5.92 Å². The average molecular weight is 594 g/mol. The standard InChI is InChI=1S/C26H43N9O7/c1-3-14(2)21(25(42)33-18(22(28)39)11-15-6-8-16(37)9-7-15)35-20(38)12-32-24(41)19(13-36)34-23(40)17(27)5-4-10-31-26(29)30/h6-9,14,17-19,21,36-37H,3-5,10-13,27H2,1-2H3,(H2,28,39)(H,32,41)(H,33,42)(H,34,40)(H,35,38)(H4,29,30,31). The van der Waals surface area contributed by atoms with E-state index in [0.717, 1.165) is 0 Å². The molecule has 0 fully saturated rings. The van der Waals surface area contributed by atoms with Gasteiger partial charge >= 0.3 is 0 Å². The molecule has 0 aromatic heterocycles. The normalized spacial score (nSPS) is 14.3. The van der Waals surface area contributed by atoms with Gasteiger partial charge in [0.25, 0.3) is 0 Å². The molecule has 0 aliphatic carbocycles. The van der Waals surface area contributed by atoms with Crippen molar-refractivity contribution in [3.63, 3.8) is 0 Å². The van der Waals surface area contributed by atoms with Crippen molar-refractivity contribution in [1.82, 2.24) is 21.3 Å². The maximum atomic E-state index is 13.1. The second-order valence-electron chi connectivity index (χ2n) is 9.78. The Morgan fingerprint density at radius 1 is 0.929 bits per heavy atom. The monoisotopic (exact) mass is 593 g/mol. The molecule has 5 unspecified atom stereocenters. The highest BCUT2D eigenvalue weighted by Gasteiger charge is 2.30. The number of aromatic hydroxyl groups is 1. The molecule has 42 heavy (non-hydrogen) atoms. The number of aliphatic imine (C=N–C) groups is 1. The Balaban J connectivity index is 2.72. The smallest absolute Gasteiger partial charge is 0.245 e. The molecule has 234 valence electrons. The number of phenolic OH excluding ortho intramolecular Hbond substituents is 1. The lowest BCUT2D eigenvalue weighted by Gasteiger charge is -2.26. The van der Waals surface area contributed by atoms with Crippen LogP contribution in [0.3, 0.4) is 0 Å². The highest BCUT2D eigenvalue weighted by molar-refractivity contribution is 5.94. The first-order valence-corrected chi connectivity index (χ1v) is 13.5. The molecule has 0 spiro atoms. The molecule has 0 aliphatic heterocycles. The number of guanidine groups is 1. The Morgan fingerprint density at radius 3 is 2.10 bits per heavy atom. The highest BCUT2D eigenvalue weighted by Crippen LogP contribution is 2.13. The summed E-state index contributed by atoms with van der Waals surface area (Å²) in [5.41, 5.74) is 22.4. The van der Waals surface area contributed by atoms with E-state index < -0.39 is 66.9 Å². The first-order valence-electron chi connectivity index (χ1n) is 13.5. The van der Waals surface area contributed by atoms with E-state index in [1.54, 1.807) is 26.0 Å². The predicted molar refractivity (Wildman–Crippen MR) is 154 cm³/mol. The molecule has 1 aromatic rings. The van der Waals surface area contributed by atoms with Crippen molar-refractivity contribution in [3.05, 3.63) is 29.8 Å². The molecule has 1 aromatic carbocycles. The van der Waals surface area contributed by atoms with E-state index in [1.165, 1.54) is 12.1 Å². The van der Waals surface area contributed by atoms with Crippen molar-refractivity contribution in [2.24, 2.45) is 33.8 Å². The minimum Gasteiger partial charge on any atom is -0.508 e. The predicted octanol–water partition coefficient (Wildman–Crippen LogP) is -3.59. The van der Waals surface area contributed by atoms with Crippen molar-refractivity contribution in [1.29, 1.82) is 0 Å². The van der Waals surface area contributed by atoms with Gasteiger partial charge in [0.05, 0.1) is 19.2 Å². The summed E-state index contributed by atoms with van der Waals surface area (Å²) < 4.78 is 0. The number of carbonyl (C=O) groups excluding carboxylic acids is 5. The number of phenols is 1. The number of amides is 5. The molecule has 0 saturated carbocycles. The zero-order chi connectivity index (χ0) is 31.8. The topological polar surface area (TPSA) is 290 Å². The quantitative estimate of drug-likeness (QED) is 0.0453. The van der Waals surface area contributed by atoms with Gasteiger partial charge in [-0.1, -0.05) is 32.4 Å². The molecule has 16 heteroatoms.